The third kappa shape index (κ3) is 30.1. The number of phenols is 1. The molecule has 668 valence electrons. The minimum absolute atomic E-state index is 0.0151. The molecular weight excluding hydrogens is 1630 g/mol. The molecule has 13 rings (SSSR count). The van der Waals surface area contributed by atoms with E-state index in [0.717, 1.165) is 49.7 Å². The highest BCUT2D eigenvalue weighted by molar-refractivity contribution is 6.32. The number of carbonyl (C=O) groups is 6. The molecule has 3 aliphatic heterocycles. The van der Waals surface area contributed by atoms with E-state index in [1.54, 1.807) is 66.7 Å². The normalized spacial score (nSPS) is 17.2. The molecule has 6 amide bonds. The van der Waals surface area contributed by atoms with Crippen LogP contribution in [0.5, 0.6) is 5.75 Å². The van der Waals surface area contributed by atoms with Crippen LogP contribution in [0.1, 0.15) is 130 Å². The summed E-state index contributed by atoms with van der Waals surface area (Å²) in [4.78, 5) is 98.2. The Labute approximate surface area is 753 Å². The lowest BCUT2D eigenvalue weighted by Crippen LogP contribution is -2.49. The molecular formula is C101H118ClFN18O7. The fourth-order valence-corrected chi connectivity index (χ4v) is 16.4. The molecule has 10 aromatic carbocycles. The van der Waals surface area contributed by atoms with Gasteiger partial charge in [-0.1, -0.05) is 242 Å². The van der Waals surface area contributed by atoms with Crippen molar-refractivity contribution < 1.29 is 38.3 Å². The largest absolute Gasteiger partial charge is 0.507 e. The average molecular weight is 1750 g/mol. The number of benzene rings is 10. The van der Waals surface area contributed by atoms with Crippen LogP contribution in [0.3, 0.4) is 0 Å². The van der Waals surface area contributed by atoms with Gasteiger partial charge in [0.15, 0.2) is 17.9 Å². The molecule has 3 aliphatic rings. The Balaban J connectivity index is 0.000000186. The van der Waals surface area contributed by atoms with Crippen LogP contribution in [0.25, 0.3) is 22.9 Å². The van der Waals surface area contributed by atoms with E-state index >= 15 is 0 Å². The molecule has 25 nitrogen and oxygen atoms in total. The zero-order valence-corrected chi connectivity index (χ0v) is 72.8. The van der Waals surface area contributed by atoms with E-state index < -0.39 is 18.1 Å². The smallest absolute Gasteiger partial charge is 0.251 e. The first-order valence-electron chi connectivity index (χ1n) is 43.7. The van der Waals surface area contributed by atoms with Crippen molar-refractivity contribution in [1.29, 1.82) is 0 Å². The molecule has 0 aromatic heterocycles. The van der Waals surface area contributed by atoms with Crippen LogP contribution < -0.4 is 66.3 Å². The van der Waals surface area contributed by atoms with Crippen LogP contribution in [0, 0.1) is 5.82 Å². The van der Waals surface area contributed by atoms with Crippen molar-refractivity contribution in [2.75, 3.05) is 78.5 Å². The summed E-state index contributed by atoms with van der Waals surface area (Å²) < 4.78 is 13.6. The highest BCUT2D eigenvalue weighted by atomic mass is 35.5. The van der Waals surface area contributed by atoms with Gasteiger partial charge < -0.3 is 86.1 Å². The minimum Gasteiger partial charge on any atom is -0.507 e. The van der Waals surface area contributed by atoms with Crippen LogP contribution in [0.15, 0.2) is 294 Å². The van der Waals surface area contributed by atoms with Crippen LogP contribution in [0.4, 0.5) is 4.39 Å². The molecule has 6 atom stereocenters. The Bertz CT molecular complexity index is 5030. The number of phenolic OH excluding ortho intramolecular Hbond substituents is 1. The highest BCUT2D eigenvalue weighted by Gasteiger charge is 2.37. The molecule has 0 saturated carbocycles. The number of nitrogens with one attached hydrogen (secondary N) is 6. The first kappa shape index (κ1) is 95.1. The minimum atomic E-state index is -0.448. The second kappa shape index (κ2) is 50.0. The summed E-state index contributed by atoms with van der Waals surface area (Å²) in [6.07, 6.45) is 11.8. The van der Waals surface area contributed by atoms with Crippen molar-refractivity contribution >= 4 is 87.8 Å². The molecule has 0 unspecified atom stereocenters. The Morgan fingerprint density at radius 3 is 1.08 bits per heavy atom. The van der Waals surface area contributed by atoms with Crippen LogP contribution >= 0.6 is 11.6 Å². The number of amides is 6. The van der Waals surface area contributed by atoms with Gasteiger partial charge >= 0.3 is 0 Å². The van der Waals surface area contributed by atoms with E-state index in [-0.39, 0.29) is 101 Å². The molecule has 128 heavy (non-hydrogen) atoms. The topological polar surface area (TPSA) is 398 Å². The Kier molecular flexibility index (Phi) is 37.1. The van der Waals surface area contributed by atoms with Gasteiger partial charge in [-0.15, -0.1) is 0 Å². The number of carbonyl (C=O) groups excluding carboxylic acids is 6. The van der Waals surface area contributed by atoms with E-state index in [2.05, 4.69) is 120 Å². The SMILES string of the molecule is NC(N)=NCCC[C@@H]1N[C@H](CNC(=O)/C=C/c2ccccc2Cl)CCN(CC(c2ccccc2)c2ccccc2)C1=O.NC(N)=NCCC[C@@H]1N[C@H](CNC(=O)/C=C/c2ccccc2O)CCN(CC(c2ccccc2)c2ccccc2)C1=O.NC(N)=NCCC[C@@H]1N[C@H](CNC(=O)c2ccc3cc(F)ccc3c2)CCN(CC(c2ccccc2)c2ccccc2)C1=O. The van der Waals surface area contributed by atoms with Gasteiger partial charge in [0.25, 0.3) is 5.91 Å². The number of fused-ring (bicyclic) bond motifs is 1. The summed E-state index contributed by atoms with van der Waals surface area (Å²) in [5.74, 6) is -0.646. The predicted octanol–water partition coefficient (Wildman–Crippen LogP) is 11.0. The molecule has 3 saturated heterocycles. The first-order chi connectivity index (χ1) is 62.2. The molecule has 0 spiro atoms. The van der Waals surface area contributed by atoms with E-state index in [1.165, 1.54) is 24.3 Å². The lowest BCUT2D eigenvalue weighted by Gasteiger charge is -2.29. The van der Waals surface area contributed by atoms with Gasteiger partial charge in [0, 0.05) is 143 Å². The Morgan fingerprint density at radius 2 is 0.727 bits per heavy atom. The van der Waals surface area contributed by atoms with E-state index in [0.29, 0.717) is 152 Å². The van der Waals surface area contributed by atoms with Gasteiger partial charge in [-0.05, 0) is 156 Å². The number of rotatable bonds is 35. The summed E-state index contributed by atoms with van der Waals surface area (Å²) in [6, 6.07) is 83.8. The first-order valence-corrected chi connectivity index (χ1v) is 44.1. The van der Waals surface area contributed by atoms with Crippen molar-refractivity contribution in [2.24, 2.45) is 49.4 Å². The summed E-state index contributed by atoms with van der Waals surface area (Å²) in [5, 5.41) is 31.5. The van der Waals surface area contributed by atoms with Gasteiger partial charge in [-0.25, -0.2) is 4.39 Å². The van der Waals surface area contributed by atoms with Crippen molar-refractivity contribution in [3.63, 3.8) is 0 Å². The van der Waals surface area contributed by atoms with Gasteiger partial charge in [0.1, 0.15) is 11.6 Å². The fraction of sp³-hybridized carbons (Fsp3) is 0.297. The second-order valence-electron chi connectivity index (χ2n) is 32.1. The second-order valence-corrected chi connectivity index (χ2v) is 32.5. The molecule has 0 radical (unpaired) electrons. The quantitative estimate of drug-likeness (QED) is 0.00759. The maximum absolute atomic E-state index is 14.0. The summed E-state index contributed by atoms with van der Waals surface area (Å²) in [6.45, 7) is 5.72. The molecule has 0 aliphatic carbocycles. The molecule has 3 heterocycles. The zero-order valence-electron chi connectivity index (χ0n) is 72.1. The van der Waals surface area contributed by atoms with E-state index in [1.807, 2.05) is 142 Å². The summed E-state index contributed by atoms with van der Waals surface area (Å²) >= 11 is 6.20. The number of guanidine groups is 3. The van der Waals surface area contributed by atoms with Crippen molar-refractivity contribution in [2.45, 2.75) is 112 Å². The van der Waals surface area contributed by atoms with Gasteiger partial charge in [-0.3, -0.25) is 43.7 Å². The van der Waals surface area contributed by atoms with E-state index in [4.69, 9.17) is 46.0 Å². The van der Waals surface area contributed by atoms with Crippen LogP contribution in [-0.4, -0.2) is 188 Å². The number of hydrogen-bond donors (Lipinski definition) is 13. The summed E-state index contributed by atoms with van der Waals surface area (Å²) in [7, 11) is 0. The number of aliphatic imine (C=N–C) groups is 3. The number of para-hydroxylation sites is 1. The number of nitrogens with two attached hydrogens (primary N) is 6. The third-order valence-electron chi connectivity index (χ3n) is 22.9. The molecule has 3 fully saturated rings. The van der Waals surface area contributed by atoms with Crippen molar-refractivity contribution in [3.8, 4) is 5.75 Å². The van der Waals surface area contributed by atoms with Gasteiger partial charge in [-0.2, -0.15) is 0 Å². The molecule has 27 heteroatoms. The maximum Gasteiger partial charge on any atom is 0.251 e. The number of aromatic hydroxyl groups is 1. The number of hydrogen-bond acceptors (Lipinski definition) is 13. The zero-order chi connectivity index (χ0) is 90.4. The Morgan fingerprint density at radius 1 is 0.414 bits per heavy atom. The van der Waals surface area contributed by atoms with Crippen LogP contribution in [-0.2, 0) is 24.0 Å². The molecule has 19 N–H and O–H groups in total. The number of halogens is 2. The molecule has 10 aromatic rings. The van der Waals surface area contributed by atoms with Crippen LogP contribution in [0.2, 0.25) is 5.02 Å². The Hall–Kier alpha value is -13.5. The van der Waals surface area contributed by atoms with Gasteiger partial charge in [0.05, 0.1) is 18.1 Å². The highest BCUT2D eigenvalue weighted by Crippen LogP contribution is 2.32. The molecule has 0 bridgehead atoms. The summed E-state index contributed by atoms with van der Waals surface area (Å²) in [5.41, 5.74) is 41.7. The lowest BCUT2D eigenvalue weighted by atomic mass is 9.90. The predicted molar refractivity (Wildman–Crippen MR) is 510 cm³/mol. The third-order valence-corrected chi connectivity index (χ3v) is 23.3. The number of nitrogens with zero attached hydrogens (tertiary/aromatic N) is 6. The maximum atomic E-state index is 14.0. The standard InChI is InChI=1S/C35H39FN6O2.C33H39ClN6O2.C33H40N6O3/c36-29-16-15-26-20-28(14-13-27(26)21-29)33(43)40-22-30-17-19-42(34(44)32(41-30)12-7-18-39-35(37)38)23-31(24-8-3-1-4-9-24)25-10-5-2-6-11-25;34-29-15-8-7-14-26(29)17-18-31(41)38-22-27-19-21-40(32(42)30(39-27)16-9-20-37-33(35)36)23-28(24-10-3-1-4-11-24)25-12-5-2-6-13-25;34-33(35)36-20-9-15-29-32(42)39(23-28(24-10-3-1-4-11-24)25-12-5-2-6-13-25)21-19-27(38-29)22-37-31(41)18-17-26-14-7-8-16-30(26)40/h1-6,8-11,13-16,20-21,30-32,41H,7,12,17-19,22-23H2,(H,40,43)(H4,37,38,39);1-8,10-15,17-18,27-28,30,39H,9,16,19-23H2,(H,38,41)(H4,35,36,37);1-8,10-14,16-18,27-29,38,40H,9,15,19-23H2,(H,37,41)(H4,34,35,36)/b;2*18-17+/t30-,32-;27-,30-;27-,29-/m000/s1. The lowest BCUT2D eigenvalue weighted by molar-refractivity contribution is -0.133. The van der Waals surface area contributed by atoms with Gasteiger partial charge in [0.2, 0.25) is 29.5 Å². The van der Waals surface area contributed by atoms with Crippen molar-refractivity contribution in [3.05, 3.63) is 340 Å². The monoisotopic (exact) mass is 1750 g/mol. The van der Waals surface area contributed by atoms with Crippen molar-refractivity contribution in [1.82, 2.24) is 46.6 Å². The van der Waals surface area contributed by atoms with E-state index in [9.17, 15) is 38.3 Å². The average Bonchev–Trinajstić information content (AvgIpc) is 1.82. The fourth-order valence-electron chi connectivity index (χ4n) is 16.2.